The average molecular weight is 579 g/mol. The van der Waals surface area contributed by atoms with Crippen molar-refractivity contribution in [3.8, 4) is 0 Å². The van der Waals surface area contributed by atoms with Gasteiger partial charge in [0.2, 0.25) is 0 Å². The van der Waals surface area contributed by atoms with E-state index in [1.807, 2.05) is 33.9 Å². The molecule has 4 rings (SSSR count). The lowest BCUT2D eigenvalue weighted by molar-refractivity contribution is -0.0536. The van der Waals surface area contributed by atoms with Gasteiger partial charge in [0.15, 0.2) is 8.32 Å². The molecule has 1 aliphatic rings. The predicted molar refractivity (Wildman–Crippen MR) is 154 cm³/mol. The smallest absolute Gasteiger partial charge is 0.297 e. The number of nitrogens with zero attached hydrogens (tertiary/aromatic N) is 3. The molecule has 39 heavy (non-hydrogen) atoms. The zero-order valence-corrected chi connectivity index (χ0v) is 25.6. The second kappa shape index (κ2) is 10.6. The molecule has 6 nitrogen and oxygen atoms in total. The van der Waals surface area contributed by atoms with Gasteiger partial charge in [0.25, 0.3) is 5.92 Å². The summed E-state index contributed by atoms with van der Waals surface area (Å²) in [6.45, 7) is 12.2. The molecule has 2 aromatic heterocycles. The minimum absolute atomic E-state index is 0.0850. The lowest BCUT2D eigenvalue weighted by Gasteiger charge is -2.37. The maximum atomic E-state index is 15.6. The average Bonchev–Trinajstić information content (AvgIpc) is 3.29. The van der Waals surface area contributed by atoms with E-state index in [0.717, 1.165) is 18.9 Å². The molecule has 1 fully saturated rings. The van der Waals surface area contributed by atoms with Gasteiger partial charge >= 0.3 is 0 Å². The Balaban J connectivity index is 1.64. The Kier molecular flexibility index (Phi) is 8.07. The highest BCUT2D eigenvalue weighted by molar-refractivity contribution is 7.71. The Hall–Kier alpha value is -2.29. The van der Waals surface area contributed by atoms with Crippen molar-refractivity contribution < 1.29 is 22.2 Å². The highest BCUT2D eigenvalue weighted by Crippen LogP contribution is 2.50. The first-order valence-corrected chi connectivity index (χ1v) is 18.3. The minimum atomic E-state index is -3.50. The molecule has 0 unspecified atom stereocenters. The summed E-state index contributed by atoms with van der Waals surface area (Å²) in [6, 6.07) is 5.10. The Bertz CT molecular complexity index is 1420. The molecule has 3 aromatic rings. The summed E-state index contributed by atoms with van der Waals surface area (Å²) < 4.78 is 65.3. The molecule has 212 valence electrons. The van der Waals surface area contributed by atoms with Gasteiger partial charge in [-0.25, -0.2) is 14.4 Å². The van der Waals surface area contributed by atoms with E-state index in [9.17, 15) is 4.57 Å². The van der Waals surface area contributed by atoms with E-state index in [4.69, 9.17) is 4.43 Å². The summed E-state index contributed by atoms with van der Waals surface area (Å²) in [5.41, 5.74) is 0.504. The molecule has 0 amide bonds. The Morgan fingerprint density at radius 2 is 1.82 bits per heavy atom. The van der Waals surface area contributed by atoms with E-state index in [1.165, 1.54) is 12.1 Å². The summed E-state index contributed by atoms with van der Waals surface area (Å²) >= 11 is 0. The molecule has 1 aliphatic heterocycles. The van der Waals surface area contributed by atoms with Crippen LogP contribution in [0.3, 0.4) is 0 Å². The van der Waals surface area contributed by atoms with E-state index in [2.05, 4.69) is 20.3 Å². The van der Waals surface area contributed by atoms with Crippen molar-refractivity contribution in [3.63, 3.8) is 0 Å². The number of nitrogens with one attached hydrogen (secondary N) is 1. The molecule has 1 N–H and O–H groups in total. The van der Waals surface area contributed by atoms with Crippen molar-refractivity contribution in [1.82, 2.24) is 15.0 Å². The Morgan fingerprint density at radius 3 is 2.46 bits per heavy atom. The van der Waals surface area contributed by atoms with E-state index < -0.39 is 45.4 Å². The van der Waals surface area contributed by atoms with Gasteiger partial charge in [-0.1, -0.05) is 32.9 Å². The Morgan fingerprint density at radius 1 is 1.15 bits per heavy atom. The SMILES string of the molecule is Cc1nc(N[C@H](C)c2cccc(C(F)(F)CO[Si](C)(C)C(C)(C)C)c2F)c2cc(P3(=O)CCCC3)ncc2n1. The van der Waals surface area contributed by atoms with Crippen LogP contribution in [0.25, 0.3) is 10.9 Å². The van der Waals surface area contributed by atoms with Gasteiger partial charge in [0.05, 0.1) is 23.3 Å². The number of hydrogen-bond acceptors (Lipinski definition) is 6. The lowest BCUT2D eigenvalue weighted by Crippen LogP contribution is -2.43. The van der Waals surface area contributed by atoms with Gasteiger partial charge in [-0.05, 0) is 57.0 Å². The van der Waals surface area contributed by atoms with Crippen LogP contribution >= 0.6 is 7.14 Å². The first-order valence-electron chi connectivity index (χ1n) is 13.3. The number of aryl methyl sites for hydroxylation is 1. The third-order valence-corrected chi connectivity index (χ3v) is 15.7. The van der Waals surface area contributed by atoms with Crippen LogP contribution in [0.4, 0.5) is 19.0 Å². The number of benzene rings is 1. The van der Waals surface area contributed by atoms with Crippen LogP contribution in [0, 0.1) is 12.7 Å². The topological polar surface area (TPSA) is 77.0 Å². The molecule has 0 aliphatic carbocycles. The van der Waals surface area contributed by atoms with Crippen molar-refractivity contribution in [3.05, 3.63) is 53.2 Å². The number of hydrogen-bond donors (Lipinski definition) is 1. The number of aromatic nitrogens is 3. The van der Waals surface area contributed by atoms with Crippen LogP contribution in [-0.4, -0.2) is 42.2 Å². The summed E-state index contributed by atoms with van der Waals surface area (Å²) in [6.07, 6.45) is 4.66. The van der Waals surface area contributed by atoms with Gasteiger partial charge < -0.3 is 14.3 Å². The summed E-state index contributed by atoms with van der Waals surface area (Å²) in [7, 11) is -5.02. The molecule has 11 heteroatoms. The number of rotatable bonds is 8. The van der Waals surface area contributed by atoms with Gasteiger partial charge in [-0.15, -0.1) is 0 Å². The Labute approximate surface area is 229 Å². The maximum absolute atomic E-state index is 15.6. The minimum Gasteiger partial charge on any atom is -0.410 e. The fourth-order valence-corrected chi connectivity index (χ4v) is 8.32. The molecule has 0 saturated carbocycles. The van der Waals surface area contributed by atoms with Gasteiger partial charge in [-0.2, -0.15) is 8.78 Å². The molecule has 0 spiro atoms. The molecule has 0 bridgehead atoms. The fourth-order valence-electron chi connectivity index (χ4n) is 4.56. The zero-order valence-electron chi connectivity index (χ0n) is 23.7. The molecule has 1 atom stereocenters. The van der Waals surface area contributed by atoms with Crippen molar-refractivity contribution in [1.29, 1.82) is 0 Å². The van der Waals surface area contributed by atoms with E-state index in [0.29, 0.717) is 40.3 Å². The third kappa shape index (κ3) is 6.08. The van der Waals surface area contributed by atoms with Crippen LogP contribution in [0.2, 0.25) is 18.1 Å². The van der Waals surface area contributed by atoms with Crippen molar-refractivity contribution in [2.75, 3.05) is 24.2 Å². The van der Waals surface area contributed by atoms with Gasteiger partial charge in [0.1, 0.15) is 36.6 Å². The predicted octanol–water partition coefficient (Wildman–Crippen LogP) is 7.54. The van der Waals surface area contributed by atoms with Crippen LogP contribution in [0.5, 0.6) is 0 Å². The van der Waals surface area contributed by atoms with Crippen molar-refractivity contribution in [2.24, 2.45) is 0 Å². The number of alkyl halides is 2. The quantitative estimate of drug-likeness (QED) is 0.220. The second-order valence-electron chi connectivity index (χ2n) is 12.1. The van der Waals surface area contributed by atoms with E-state index in [1.54, 1.807) is 26.1 Å². The van der Waals surface area contributed by atoms with Gasteiger partial charge in [0, 0.05) is 23.3 Å². The van der Waals surface area contributed by atoms with E-state index >= 15 is 13.2 Å². The number of anilines is 1. The standard InChI is InChI=1S/C28H38F3N4O2PSi/c1-18(20-11-10-12-22(25(20)29)28(30,31)17-37-39(6,7)27(3,4)5)33-26-21-15-24(38(36)13-8-9-14-38)32-16-23(21)34-19(2)35-26/h10-12,15-16,18H,8-9,13-14,17H2,1-7H3,(H,33,34,35)/t18-/m1/s1. The first-order chi connectivity index (χ1) is 18.0. The molecular weight excluding hydrogens is 540 g/mol. The highest BCUT2D eigenvalue weighted by Gasteiger charge is 2.43. The van der Waals surface area contributed by atoms with Crippen LogP contribution in [0.15, 0.2) is 30.5 Å². The highest BCUT2D eigenvalue weighted by atomic mass is 31.2. The summed E-state index contributed by atoms with van der Waals surface area (Å²) in [4.78, 5) is 13.4. The van der Waals surface area contributed by atoms with Crippen LogP contribution in [-0.2, 0) is 14.9 Å². The maximum Gasteiger partial charge on any atom is 0.297 e. The van der Waals surface area contributed by atoms with Crippen LogP contribution < -0.4 is 10.8 Å². The number of halogens is 3. The van der Waals surface area contributed by atoms with E-state index in [-0.39, 0.29) is 10.6 Å². The normalized spacial score (nSPS) is 17.0. The summed E-state index contributed by atoms with van der Waals surface area (Å²) in [5.74, 6) is -3.59. The van der Waals surface area contributed by atoms with Crippen molar-refractivity contribution >= 4 is 37.6 Å². The molecule has 3 heterocycles. The molecule has 0 radical (unpaired) electrons. The molecule has 1 aromatic carbocycles. The first kappa shape index (κ1) is 29.7. The van der Waals surface area contributed by atoms with Crippen LogP contribution in [0.1, 0.15) is 63.5 Å². The third-order valence-electron chi connectivity index (χ3n) is 8.05. The zero-order chi connectivity index (χ0) is 28.8. The molecular formula is C28H38F3N4O2PSi. The number of pyridine rings is 1. The fraction of sp³-hybridized carbons (Fsp3) is 0.536. The van der Waals surface area contributed by atoms with Crippen molar-refractivity contribution in [2.45, 2.75) is 77.6 Å². The molecule has 1 saturated heterocycles. The largest absolute Gasteiger partial charge is 0.410 e. The second-order valence-corrected chi connectivity index (χ2v) is 20.0. The van der Waals surface area contributed by atoms with Gasteiger partial charge in [-0.3, -0.25) is 4.98 Å². The summed E-state index contributed by atoms with van der Waals surface area (Å²) in [5, 5.41) is 3.56. The lowest BCUT2D eigenvalue weighted by atomic mass is 10.00. The number of fused-ring (bicyclic) bond motifs is 1. The monoisotopic (exact) mass is 578 g/mol.